The second kappa shape index (κ2) is 18.0. The van der Waals surface area contributed by atoms with Crippen molar-refractivity contribution < 1.29 is 42.5 Å². The quantitative estimate of drug-likeness (QED) is 0.143. The highest BCUT2D eigenvalue weighted by Crippen LogP contribution is 2.21. The second-order valence-corrected chi connectivity index (χ2v) is 16.5. The molecule has 6 N–H and O–H groups in total. The molecule has 14 heteroatoms. The molecule has 0 spiro atoms. The van der Waals surface area contributed by atoms with Crippen molar-refractivity contribution in [2.75, 3.05) is 12.0 Å². The van der Waals surface area contributed by atoms with Gasteiger partial charge in [0, 0.05) is 12.2 Å². The van der Waals surface area contributed by atoms with Crippen LogP contribution in [-0.2, 0) is 29.0 Å². The van der Waals surface area contributed by atoms with Crippen molar-refractivity contribution in [1.82, 2.24) is 21.3 Å². The van der Waals surface area contributed by atoms with Gasteiger partial charge in [0.2, 0.25) is 17.7 Å². The standard InChI is InChI=1S/C31H58N4O9S/c1-18(2)16-23(25(37)17-20(5)27(38)32-21-12-10-11-13-24(21)36)34-28(39)22(14-15-45(9,42)43)33-29(40)26(19(3)4)35-30(41)44-31(6,7)8/h18-26,36-37H,10-17H2,1-9H3,(H,32,38)(H,33,40)(H,34,39)(H,35,41)/t20-,21?,22?,23+,24+,25+,26+/m1/s1. The molecule has 0 saturated heterocycles. The maximum Gasteiger partial charge on any atom is 0.408 e. The van der Waals surface area contributed by atoms with Gasteiger partial charge in [0.1, 0.15) is 27.5 Å². The Bertz CT molecular complexity index is 1090. The summed E-state index contributed by atoms with van der Waals surface area (Å²) in [6.07, 6.45) is 1.73. The van der Waals surface area contributed by atoms with Crippen LogP contribution in [0.25, 0.3) is 0 Å². The highest BCUT2D eigenvalue weighted by Gasteiger charge is 2.34. The lowest BCUT2D eigenvalue weighted by molar-refractivity contribution is -0.131. The Morgan fingerprint density at radius 1 is 0.889 bits per heavy atom. The first kappa shape index (κ1) is 40.6. The molecule has 1 fully saturated rings. The molecule has 7 atom stereocenters. The Hall–Kier alpha value is -2.45. The predicted molar refractivity (Wildman–Crippen MR) is 172 cm³/mol. The van der Waals surface area contributed by atoms with Crippen LogP contribution in [0, 0.1) is 17.8 Å². The fourth-order valence-corrected chi connectivity index (χ4v) is 5.84. The van der Waals surface area contributed by atoms with Gasteiger partial charge in [0.15, 0.2) is 0 Å². The molecule has 0 aliphatic heterocycles. The Morgan fingerprint density at radius 2 is 1.49 bits per heavy atom. The van der Waals surface area contributed by atoms with Crippen molar-refractivity contribution >= 4 is 33.7 Å². The van der Waals surface area contributed by atoms with Gasteiger partial charge in [0.25, 0.3) is 0 Å². The molecule has 0 aromatic heterocycles. The number of sulfone groups is 1. The normalized spacial score (nSPS) is 20.8. The monoisotopic (exact) mass is 662 g/mol. The molecule has 1 saturated carbocycles. The number of ether oxygens (including phenoxy) is 1. The first-order chi connectivity index (χ1) is 20.6. The maximum atomic E-state index is 13.6. The fraction of sp³-hybridized carbons (Fsp3) is 0.871. The van der Waals surface area contributed by atoms with E-state index >= 15 is 0 Å². The zero-order chi connectivity index (χ0) is 34.7. The Kier molecular flexibility index (Phi) is 16.3. The van der Waals surface area contributed by atoms with Crippen molar-refractivity contribution in [1.29, 1.82) is 0 Å². The zero-order valence-electron chi connectivity index (χ0n) is 28.5. The number of hydrogen-bond acceptors (Lipinski definition) is 9. The van der Waals surface area contributed by atoms with Crippen LogP contribution in [0.3, 0.4) is 0 Å². The van der Waals surface area contributed by atoms with Gasteiger partial charge in [-0.1, -0.05) is 47.5 Å². The maximum absolute atomic E-state index is 13.6. The molecular formula is C31H58N4O9S. The summed E-state index contributed by atoms with van der Waals surface area (Å²) < 4.78 is 29.2. The van der Waals surface area contributed by atoms with E-state index in [0.29, 0.717) is 19.3 Å². The highest BCUT2D eigenvalue weighted by molar-refractivity contribution is 7.90. The molecule has 4 amide bonds. The number of nitrogens with one attached hydrogen (secondary N) is 4. The van der Waals surface area contributed by atoms with Gasteiger partial charge in [-0.05, 0) is 64.7 Å². The summed E-state index contributed by atoms with van der Waals surface area (Å²) in [5, 5.41) is 32.2. The predicted octanol–water partition coefficient (Wildman–Crippen LogP) is 1.79. The molecule has 45 heavy (non-hydrogen) atoms. The van der Waals surface area contributed by atoms with E-state index in [1.54, 1.807) is 41.5 Å². The number of carbonyl (C=O) groups excluding carboxylic acids is 4. The van der Waals surface area contributed by atoms with Crippen molar-refractivity contribution in [3.05, 3.63) is 0 Å². The summed E-state index contributed by atoms with van der Waals surface area (Å²) in [7, 11) is -3.50. The highest BCUT2D eigenvalue weighted by atomic mass is 32.2. The minimum absolute atomic E-state index is 0.0297. The van der Waals surface area contributed by atoms with Crippen LogP contribution in [0.4, 0.5) is 4.79 Å². The van der Waals surface area contributed by atoms with Gasteiger partial charge < -0.3 is 36.2 Å². The van der Waals surface area contributed by atoms with Crippen LogP contribution >= 0.6 is 0 Å². The van der Waals surface area contributed by atoms with Crippen LogP contribution in [-0.4, -0.2) is 96.4 Å². The first-order valence-corrected chi connectivity index (χ1v) is 18.1. The topological polar surface area (TPSA) is 200 Å². The summed E-state index contributed by atoms with van der Waals surface area (Å²) in [5.74, 6) is -3.05. The minimum Gasteiger partial charge on any atom is -0.444 e. The van der Waals surface area contributed by atoms with Gasteiger partial charge in [-0.2, -0.15) is 0 Å². The Labute approximate surface area is 269 Å². The molecular weight excluding hydrogens is 604 g/mol. The minimum atomic E-state index is -3.50. The van der Waals surface area contributed by atoms with E-state index in [-0.39, 0.29) is 30.7 Å². The van der Waals surface area contributed by atoms with Crippen molar-refractivity contribution in [2.24, 2.45) is 17.8 Å². The summed E-state index contributed by atoms with van der Waals surface area (Å²) >= 11 is 0. The SMILES string of the molecule is CC(C)C[C@H](NC(=O)C(CCS(C)(=O)=O)NC(=O)[C@@H](NC(=O)OC(C)(C)C)C(C)C)[C@@H](O)C[C@@H](C)C(=O)NC1CCCC[C@@H]1O. The molecule has 2 unspecified atom stereocenters. The molecule has 262 valence electrons. The fourth-order valence-electron chi connectivity index (χ4n) is 5.17. The van der Waals surface area contributed by atoms with E-state index < -0.39 is 81.3 Å². The third-order valence-corrected chi connectivity index (χ3v) is 8.63. The molecule has 0 aromatic rings. The van der Waals surface area contributed by atoms with Crippen LogP contribution < -0.4 is 21.3 Å². The zero-order valence-corrected chi connectivity index (χ0v) is 29.3. The number of aliphatic hydroxyl groups is 2. The van der Waals surface area contributed by atoms with Crippen LogP contribution in [0.2, 0.25) is 0 Å². The first-order valence-electron chi connectivity index (χ1n) is 16.0. The smallest absolute Gasteiger partial charge is 0.408 e. The van der Waals surface area contributed by atoms with Crippen molar-refractivity contribution in [3.8, 4) is 0 Å². The van der Waals surface area contributed by atoms with E-state index in [1.165, 1.54) is 0 Å². The largest absolute Gasteiger partial charge is 0.444 e. The lowest BCUT2D eigenvalue weighted by Gasteiger charge is -2.32. The van der Waals surface area contributed by atoms with Gasteiger partial charge in [-0.15, -0.1) is 0 Å². The van der Waals surface area contributed by atoms with E-state index in [2.05, 4.69) is 21.3 Å². The van der Waals surface area contributed by atoms with E-state index in [4.69, 9.17) is 4.74 Å². The Morgan fingerprint density at radius 3 is 2.00 bits per heavy atom. The van der Waals surface area contributed by atoms with Gasteiger partial charge >= 0.3 is 6.09 Å². The summed E-state index contributed by atoms with van der Waals surface area (Å²) in [5.41, 5.74) is -0.804. The van der Waals surface area contributed by atoms with Gasteiger partial charge in [0.05, 0.1) is 30.0 Å². The van der Waals surface area contributed by atoms with E-state index in [0.717, 1.165) is 19.1 Å². The molecule has 1 rings (SSSR count). The lowest BCUT2D eigenvalue weighted by Crippen LogP contribution is -2.58. The third-order valence-electron chi connectivity index (χ3n) is 7.65. The molecule has 1 aliphatic rings. The second-order valence-electron chi connectivity index (χ2n) is 14.3. The average Bonchev–Trinajstić information content (AvgIpc) is 2.88. The number of rotatable bonds is 16. The van der Waals surface area contributed by atoms with Crippen molar-refractivity contribution in [3.63, 3.8) is 0 Å². The van der Waals surface area contributed by atoms with E-state index in [9.17, 15) is 37.8 Å². The number of alkyl carbamates (subject to hydrolysis) is 1. The molecule has 0 radical (unpaired) electrons. The van der Waals surface area contributed by atoms with Crippen LogP contribution in [0.5, 0.6) is 0 Å². The summed E-state index contributed by atoms with van der Waals surface area (Å²) in [4.78, 5) is 52.1. The molecule has 0 bridgehead atoms. The van der Waals surface area contributed by atoms with Crippen molar-refractivity contribution in [2.45, 2.75) is 142 Å². The number of carbonyl (C=O) groups is 4. The summed E-state index contributed by atoms with van der Waals surface area (Å²) in [6.45, 7) is 13.9. The molecule has 0 heterocycles. The molecule has 0 aromatic carbocycles. The average molecular weight is 663 g/mol. The molecule has 1 aliphatic carbocycles. The number of amides is 4. The number of aliphatic hydroxyl groups excluding tert-OH is 2. The Balaban J connectivity index is 3.08. The van der Waals surface area contributed by atoms with Crippen LogP contribution in [0.15, 0.2) is 0 Å². The molecule has 13 nitrogen and oxygen atoms in total. The van der Waals surface area contributed by atoms with Gasteiger partial charge in [-0.25, -0.2) is 13.2 Å². The van der Waals surface area contributed by atoms with E-state index in [1.807, 2.05) is 13.8 Å². The lowest BCUT2D eigenvalue weighted by atomic mass is 9.90. The third kappa shape index (κ3) is 16.1. The summed E-state index contributed by atoms with van der Waals surface area (Å²) in [6, 6.07) is -3.50. The number of hydrogen-bond donors (Lipinski definition) is 6. The van der Waals surface area contributed by atoms with Gasteiger partial charge in [-0.3, -0.25) is 14.4 Å². The van der Waals surface area contributed by atoms with Crippen LogP contribution in [0.1, 0.15) is 100 Å².